The molecule has 17 unspecified atom stereocenters. The highest BCUT2D eigenvalue weighted by Gasteiger charge is 2.52. The molecule has 5 heterocycles. The van der Waals surface area contributed by atoms with E-state index in [1.807, 2.05) is 47.6 Å². The molecule has 0 saturated carbocycles. The molecule has 3 aliphatic heterocycles. The topological polar surface area (TPSA) is 547 Å². The number of fused-ring (bicyclic) bond motifs is 1. The zero-order chi connectivity index (χ0) is 85.1. The Morgan fingerprint density at radius 1 is 0.842 bits per heavy atom. The third kappa shape index (κ3) is 26.6. The number of unbranched alkanes of at least 4 members (excludes halogenated alkanes) is 2. The van der Waals surface area contributed by atoms with Crippen molar-refractivity contribution in [1.29, 1.82) is 0 Å². The number of hydrogen-bond acceptors (Lipinski definition) is 27. The molecule has 640 valence electrons. The summed E-state index contributed by atoms with van der Waals surface area (Å²) in [6.45, 7) is 13.5. The fourth-order valence-corrected chi connectivity index (χ4v) is 18.2. The van der Waals surface area contributed by atoms with Gasteiger partial charge in [0.2, 0.25) is 47.3 Å². The molecule has 1 aromatic carbocycles. The van der Waals surface area contributed by atoms with Crippen LogP contribution in [0.15, 0.2) is 43.0 Å². The van der Waals surface area contributed by atoms with Gasteiger partial charge >= 0.3 is 29.4 Å². The summed E-state index contributed by atoms with van der Waals surface area (Å²) in [7, 11) is -10.5. The highest BCUT2D eigenvalue weighted by Crippen LogP contribution is 2.61. The number of Topliss-reactive ketones (excluding diaryl/α,β-unsaturated/α-hetero) is 1. The number of imide groups is 1. The molecule has 6 rings (SSSR count). The first-order valence-electron chi connectivity index (χ1n) is 37.7. The van der Waals surface area contributed by atoms with E-state index in [2.05, 4.69) is 39.7 Å². The lowest BCUT2D eigenvalue weighted by molar-refractivity contribution is -0.150. The van der Waals surface area contributed by atoms with Crippen molar-refractivity contribution in [2.45, 2.75) is 212 Å². The van der Waals surface area contributed by atoms with E-state index < -0.39 is 156 Å². The first kappa shape index (κ1) is 96.0. The van der Waals surface area contributed by atoms with Crippen LogP contribution in [0.3, 0.4) is 0 Å². The van der Waals surface area contributed by atoms with Gasteiger partial charge in [0.25, 0.3) is 0 Å². The Morgan fingerprint density at radius 2 is 1.52 bits per heavy atom. The predicted octanol–water partition coefficient (Wildman–Crippen LogP) is 3.27. The molecule has 0 spiro atoms. The quantitative estimate of drug-likeness (QED) is 0.0219. The molecule has 3 saturated heterocycles. The number of carboxylic acid groups (broad SMARTS) is 1. The lowest BCUT2D eigenvalue weighted by Crippen LogP contribution is -2.55. The number of benzene rings is 1. The van der Waals surface area contributed by atoms with Crippen LogP contribution in [-0.4, -0.2) is 273 Å². The number of nitrogens with one attached hydrogen (secondary N) is 3. The number of aliphatic hydroxyl groups is 2. The van der Waals surface area contributed by atoms with Crippen molar-refractivity contribution in [2.75, 3.05) is 79.2 Å². The van der Waals surface area contributed by atoms with Crippen molar-refractivity contribution in [1.82, 2.24) is 55.1 Å². The number of thioether (sulfide) groups is 1. The third-order valence-electron chi connectivity index (χ3n) is 20.8. The minimum Gasteiger partial charge on any atom is -0.480 e. The van der Waals surface area contributed by atoms with Gasteiger partial charge in [-0.05, 0) is 49.0 Å². The van der Waals surface area contributed by atoms with Crippen LogP contribution >= 0.6 is 35.2 Å². The summed E-state index contributed by atoms with van der Waals surface area (Å²) in [6.07, 6.45) is -6.16. The van der Waals surface area contributed by atoms with Crippen LogP contribution in [0.1, 0.15) is 145 Å². The van der Waals surface area contributed by atoms with Crippen molar-refractivity contribution in [3.63, 3.8) is 0 Å². The first-order valence-corrected chi connectivity index (χ1v) is 43.3. The number of likely N-dealkylation sites (N-methyl/N-ethyl adjacent to an activating group) is 2. The Kier molecular flexibility index (Phi) is 36.3. The van der Waals surface area contributed by atoms with Crippen molar-refractivity contribution < 1.29 is 129 Å². The van der Waals surface area contributed by atoms with Gasteiger partial charge in [-0.3, -0.25) is 66.2 Å². The number of carbonyl (C=O) groups excluding carboxylic acids is 9. The number of carbonyl (C=O) groups is 10. The third-order valence-corrected chi connectivity index (χ3v) is 25.1. The number of ketones is 1. The van der Waals surface area contributed by atoms with E-state index in [0.717, 1.165) is 34.5 Å². The smallest absolute Gasteiger partial charge is 0.480 e. The molecule has 114 heavy (non-hydrogen) atoms. The summed E-state index contributed by atoms with van der Waals surface area (Å²) < 4.78 is 75.0. The molecule has 12 N–H and O–H groups in total. The normalized spacial score (nSPS) is 21.6. The molecule has 3 aliphatic rings. The molecule has 17 atom stereocenters. The number of anilines is 1. The number of phosphoric acid groups is 3. The molecule has 39 nitrogen and oxygen atoms in total. The average Bonchev–Trinajstić information content (AvgIpc) is 1.37. The minimum absolute atomic E-state index is 0.00221. The van der Waals surface area contributed by atoms with Crippen LogP contribution in [0.2, 0.25) is 0 Å². The molecular weight excluding hydrogens is 1580 g/mol. The second kappa shape index (κ2) is 43.1. The summed E-state index contributed by atoms with van der Waals surface area (Å²) in [5.74, 6) is -7.63. The van der Waals surface area contributed by atoms with E-state index in [1.54, 1.807) is 55.1 Å². The first-order chi connectivity index (χ1) is 53.4. The zero-order valence-corrected chi connectivity index (χ0v) is 70.0. The van der Waals surface area contributed by atoms with Crippen molar-refractivity contribution >= 4 is 111 Å². The van der Waals surface area contributed by atoms with Crippen molar-refractivity contribution in [3.05, 3.63) is 48.5 Å². The van der Waals surface area contributed by atoms with Gasteiger partial charge in [0.05, 0.1) is 67.5 Å². The lowest BCUT2D eigenvalue weighted by atomic mass is 9.83. The van der Waals surface area contributed by atoms with Crippen LogP contribution in [0.5, 0.6) is 0 Å². The number of nitrogen functional groups attached to an aromatic ring is 1. The molecule has 0 radical (unpaired) electrons. The van der Waals surface area contributed by atoms with Gasteiger partial charge in [0, 0.05) is 104 Å². The van der Waals surface area contributed by atoms with Gasteiger partial charge < -0.3 is 85.5 Å². The molecule has 2 aromatic heterocycles. The Balaban J connectivity index is 0.888. The van der Waals surface area contributed by atoms with Crippen LogP contribution in [0.4, 0.5) is 5.82 Å². The Labute approximate surface area is 666 Å². The number of ether oxygens (including phenoxy) is 3. The van der Waals surface area contributed by atoms with Crippen LogP contribution in [0.25, 0.3) is 11.2 Å². The van der Waals surface area contributed by atoms with Gasteiger partial charge in [0.1, 0.15) is 42.3 Å². The second-order valence-corrected chi connectivity index (χ2v) is 35.8. The maximum Gasteiger partial charge on any atom is 0.481 e. The highest BCUT2D eigenvalue weighted by atomic mass is 32.2. The Morgan fingerprint density at radius 3 is 2.14 bits per heavy atom. The number of nitrogens with zero attached hydrogens (tertiary/aromatic N) is 8. The number of aliphatic hydroxyl groups excluding tert-OH is 2. The van der Waals surface area contributed by atoms with Crippen molar-refractivity contribution in [3.8, 4) is 0 Å². The average molecular weight is 1690 g/mol. The maximum atomic E-state index is 14.9. The molecule has 43 heteroatoms. The summed E-state index contributed by atoms with van der Waals surface area (Å²) >= 11 is 1.16. The Hall–Kier alpha value is -6.81. The molecule has 3 fully saturated rings. The second-order valence-electron chi connectivity index (χ2n) is 30.2. The monoisotopic (exact) mass is 1690 g/mol. The van der Waals surface area contributed by atoms with Gasteiger partial charge in [-0.15, -0.1) is 11.8 Å². The van der Waals surface area contributed by atoms with E-state index in [4.69, 9.17) is 29.0 Å². The van der Waals surface area contributed by atoms with Gasteiger partial charge in [-0.2, -0.15) is 4.31 Å². The summed E-state index contributed by atoms with van der Waals surface area (Å²) in [5, 5.41) is 38.8. The number of likely N-dealkylation sites (tertiary alicyclic amines) is 2. The van der Waals surface area contributed by atoms with E-state index >= 15 is 0 Å². The van der Waals surface area contributed by atoms with E-state index in [1.165, 1.54) is 37.9 Å². The maximum absolute atomic E-state index is 14.9. The van der Waals surface area contributed by atoms with E-state index in [9.17, 15) is 96.5 Å². The van der Waals surface area contributed by atoms with Gasteiger partial charge in [-0.25, -0.2) is 33.4 Å². The molecule has 0 bridgehead atoms. The number of carboxylic acids is 1. The standard InChI is InChI=1S/C71H113N12O27P3S/c1-14-42(6)58(49(104-12)34-54(87)81-30-21-24-47(81)60(105-13)43(7)65(91)78-46(70(95)96)32-44-22-17-15-18-23-44)80(11)67(93)45(40(2)3)33-48(84)57(41(4)5)79(10)53(86)25-19-16-20-29-82-55(88)35-51(68(82)94)114-31-28-73-52(85)26-27-74-66(92)62(90)71(8,9)37-107-113(102,103)110-112(100,101)106-36-50-61(109-111(97,98)99)59(89)69(108-50)83-39-77-56-63(72)75-38-76-64(56)83/h15,17-18,22-23,38-43,45-47,49-51,57-62,69,89-90H,14,16,19-21,24-37H2,1-13H3,(H,73,85)(H,74,92)(H,78,91)(H,95,96)(H,100,101)(H,102,103)(H2,72,75,76)(H2,97,98,99). The van der Waals surface area contributed by atoms with Crippen LogP contribution < -0.4 is 21.7 Å². The molecule has 0 aliphatic carbocycles. The van der Waals surface area contributed by atoms with E-state index in [0.29, 0.717) is 45.1 Å². The fourth-order valence-electron chi connectivity index (χ4n) is 14.3. The van der Waals surface area contributed by atoms with E-state index in [-0.39, 0.29) is 128 Å². The zero-order valence-electron chi connectivity index (χ0n) is 66.5. The van der Waals surface area contributed by atoms with Crippen molar-refractivity contribution in [2.24, 2.45) is 35.0 Å². The summed E-state index contributed by atoms with van der Waals surface area (Å²) in [6, 6.07) is 5.72. The predicted molar refractivity (Wildman–Crippen MR) is 411 cm³/mol. The van der Waals surface area contributed by atoms with Crippen LogP contribution in [0, 0.1) is 35.0 Å². The molecular formula is C71H113N12O27P3S. The summed E-state index contributed by atoms with van der Waals surface area (Å²) in [5.41, 5.74) is 4.89. The largest absolute Gasteiger partial charge is 0.481 e. The number of hydrogen-bond donors (Lipinski definition) is 11. The number of aliphatic carboxylic acids is 1. The fraction of sp³-hybridized carbons (Fsp3) is 0.704. The van der Waals surface area contributed by atoms with Gasteiger partial charge in [0.15, 0.2) is 23.5 Å². The number of rotatable bonds is 48. The highest BCUT2D eigenvalue weighted by molar-refractivity contribution is 8.00. The molecule has 8 amide bonds. The molecule has 3 aromatic rings. The number of imidazole rings is 1. The summed E-state index contributed by atoms with van der Waals surface area (Å²) in [4.78, 5) is 193. The Bertz CT molecular complexity index is 3950. The lowest BCUT2D eigenvalue weighted by Gasteiger charge is -2.41. The number of methoxy groups -OCH3 is 2. The van der Waals surface area contributed by atoms with Gasteiger partial charge in [-0.1, -0.05) is 105 Å². The van der Waals surface area contributed by atoms with Crippen LogP contribution in [-0.2, 0) is 100 Å². The number of phosphoric ester groups is 3. The SMILES string of the molecule is CCC(C)C(C(CC(=O)N1CCCC1C(OC)C(C)C(=O)NC(Cc1ccccc1)C(=O)O)OC)N(C)C(=O)C(CC(=O)C(C(C)C)N(C)C(=O)CCCCCN1C(=O)CC(SCCNC(=O)CCNC(=O)C(O)C(C)(C)COP(=O)(O)OP(=O)(O)OCC2OC(n3cnc4c(N)ncnc43)C(O)C2OP(=O)(O)O)C1=O)C(C)C. The number of amides is 8. The number of nitrogens with two attached hydrogens (primary N) is 1. The minimum atomic E-state index is -5.66. The number of aromatic nitrogens is 4.